The third-order valence-electron chi connectivity index (χ3n) is 1.85. The van der Waals surface area contributed by atoms with Gasteiger partial charge >= 0.3 is 0 Å². The number of tetrazole rings is 1. The van der Waals surface area contributed by atoms with E-state index in [-0.39, 0.29) is 0 Å². The van der Waals surface area contributed by atoms with E-state index < -0.39 is 8.07 Å². The highest BCUT2D eigenvalue weighted by molar-refractivity contribution is 6.76. The van der Waals surface area contributed by atoms with Crippen molar-refractivity contribution in [1.82, 2.24) is 20.2 Å². The number of hydrogen-bond donors (Lipinski definition) is 0. The van der Waals surface area contributed by atoms with E-state index in [2.05, 4.69) is 41.6 Å². The van der Waals surface area contributed by atoms with Crippen LogP contribution >= 0.6 is 0 Å². The minimum Gasteiger partial charge on any atom is -0.358 e. The lowest BCUT2D eigenvalue weighted by molar-refractivity contribution is 0.0673. The van der Waals surface area contributed by atoms with Crippen molar-refractivity contribution in [3.8, 4) is 0 Å². The van der Waals surface area contributed by atoms with E-state index >= 15 is 0 Å². The highest BCUT2D eigenvalue weighted by atomic mass is 28.3. The molecule has 6 heteroatoms. The van der Waals surface area contributed by atoms with Crippen molar-refractivity contribution in [1.29, 1.82) is 0 Å². The van der Waals surface area contributed by atoms with Crippen molar-refractivity contribution in [2.75, 3.05) is 6.61 Å². The summed E-state index contributed by atoms with van der Waals surface area (Å²) in [6, 6.07) is 1.15. The van der Waals surface area contributed by atoms with Gasteiger partial charge in [0.05, 0.1) is 0 Å². The summed E-state index contributed by atoms with van der Waals surface area (Å²) < 4.78 is 5.45. The van der Waals surface area contributed by atoms with Crippen LogP contribution in [0.2, 0.25) is 25.7 Å². The van der Waals surface area contributed by atoms with Crippen molar-refractivity contribution >= 4 is 14.1 Å². The summed E-state index contributed by atoms with van der Waals surface area (Å²) in [7, 11) is -1.00. The highest BCUT2D eigenvalue weighted by Gasteiger charge is 2.12. The molecule has 1 aromatic rings. The smallest absolute Gasteiger partial charge is 0.197 e. The molecule has 0 amide bonds. The molecular formula is C9H18N4OSi. The fourth-order valence-electron chi connectivity index (χ4n) is 0.917. The largest absolute Gasteiger partial charge is 0.358 e. The van der Waals surface area contributed by atoms with Gasteiger partial charge in [-0.25, -0.2) is 0 Å². The first-order valence-electron chi connectivity index (χ1n) is 4.99. The summed E-state index contributed by atoms with van der Waals surface area (Å²) in [6.07, 6.45) is 1.56. The Bertz CT molecular complexity index is 318. The van der Waals surface area contributed by atoms with Crippen LogP contribution in [0.15, 0.2) is 6.58 Å². The lowest BCUT2D eigenvalue weighted by Gasteiger charge is -2.14. The number of aromatic nitrogens is 4. The topological polar surface area (TPSA) is 52.8 Å². The molecule has 1 rings (SSSR count). The molecule has 0 fully saturated rings. The van der Waals surface area contributed by atoms with E-state index in [4.69, 9.17) is 4.74 Å². The lowest BCUT2D eigenvalue weighted by atomic mass is 10.6. The van der Waals surface area contributed by atoms with Crippen molar-refractivity contribution in [2.45, 2.75) is 32.4 Å². The average Bonchev–Trinajstić information content (AvgIpc) is 2.59. The Hall–Kier alpha value is -1.01. The fraction of sp³-hybridized carbons (Fsp3) is 0.667. The van der Waals surface area contributed by atoms with Crippen molar-refractivity contribution in [3.63, 3.8) is 0 Å². The van der Waals surface area contributed by atoms with Gasteiger partial charge in [-0.05, 0) is 17.3 Å². The molecule has 15 heavy (non-hydrogen) atoms. The second kappa shape index (κ2) is 5.18. The van der Waals surface area contributed by atoms with E-state index in [0.29, 0.717) is 12.6 Å². The van der Waals surface area contributed by atoms with Gasteiger partial charge in [0.1, 0.15) is 0 Å². The lowest BCUT2D eigenvalue weighted by Crippen LogP contribution is -2.22. The highest BCUT2D eigenvalue weighted by Crippen LogP contribution is 2.07. The second-order valence-electron chi connectivity index (χ2n) is 4.57. The molecule has 0 saturated carbocycles. The molecule has 0 bridgehead atoms. The molecule has 0 atom stereocenters. The van der Waals surface area contributed by atoms with E-state index in [9.17, 15) is 0 Å². The standard InChI is InChI=1S/C9H18N4OSi/c1-5-9-10-12-13(11-9)8-14-6-7-15(2,3)4/h5H,1,6-8H2,2-4H3. The fourth-order valence-corrected chi connectivity index (χ4v) is 1.67. The first kappa shape index (κ1) is 12.1. The van der Waals surface area contributed by atoms with Gasteiger partial charge in [-0.2, -0.15) is 0 Å². The third-order valence-corrected chi connectivity index (χ3v) is 3.56. The van der Waals surface area contributed by atoms with Crippen LogP contribution in [0.1, 0.15) is 5.82 Å². The molecule has 0 radical (unpaired) electrons. The predicted molar refractivity (Wildman–Crippen MR) is 62.0 cm³/mol. The molecule has 1 heterocycles. The molecule has 0 aliphatic carbocycles. The summed E-state index contributed by atoms with van der Waals surface area (Å²) in [4.78, 5) is 1.43. The molecule has 0 N–H and O–H groups in total. The van der Waals surface area contributed by atoms with Crippen LogP contribution in [0.25, 0.3) is 6.08 Å². The normalized spacial score (nSPS) is 11.7. The van der Waals surface area contributed by atoms with E-state index in [0.717, 1.165) is 12.7 Å². The van der Waals surface area contributed by atoms with Crippen LogP contribution < -0.4 is 0 Å². The Balaban J connectivity index is 2.23. The Morgan fingerprint density at radius 1 is 1.47 bits per heavy atom. The molecule has 5 nitrogen and oxygen atoms in total. The van der Waals surface area contributed by atoms with E-state index in [1.165, 1.54) is 4.80 Å². The van der Waals surface area contributed by atoms with Crippen LogP contribution in [0.5, 0.6) is 0 Å². The third kappa shape index (κ3) is 4.85. The summed E-state index contributed by atoms with van der Waals surface area (Å²) in [5.74, 6) is 0.531. The summed E-state index contributed by atoms with van der Waals surface area (Å²) in [5, 5.41) is 11.6. The van der Waals surface area contributed by atoms with Crippen LogP contribution in [-0.2, 0) is 11.5 Å². The van der Waals surface area contributed by atoms with Gasteiger partial charge < -0.3 is 4.74 Å². The van der Waals surface area contributed by atoms with Gasteiger partial charge in [0.15, 0.2) is 12.6 Å². The van der Waals surface area contributed by atoms with E-state index in [1.807, 2.05) is 0 Å². The summed E-state index contributed by atoms with van der Waals surface area (Å²) in [5.41, 5.74) is 0. The Labute approximate surface area is 91.1 Å². The second-order valence-corrected chi connectivity index (χ2v) is 10.2. The van der Waals surface area contributed by atoms with Crippen molar-refractivity contribution < 1.29 is 4.74 Å². The zero-order valence-electron chi connectivity index (χ0n) is 9.60. The Morgan fingerprint density at radius 2 is 2.20 bits per heavy atom. The molecular weight excluding hydrogens is 208 g/mol. The SMILES string of the molecule is C=Cc1nnn(COCC[Si](C)(C)C)n1. The number of hydrogen-bond acceptors (Lipinski definition) is 4. The first-order valence-corrected chi connectivity index (χ1v) is 8.70. The molecule has 84 valence electrons. The summed E-state index contributed by atoms with van der Waals surface area (Å²) in [6.45, 7) is 11.6. The summed E-state index contributed by atoms with van der Waals surface area (Å²) >= 11 is 0. The minimum atomic E-state index is -1.00. The maximum atomic E-state index is 5.45. The van der Waals surface area contributed by atoms with Crippen molar-refractivity contribution in [2.24, 2.45) is 0 Å². The number of nitrogens with zero attached hydrogens (tertiary/aromatic N) is 4. The minimum absolute atomic E-state index is 0.366. The molecule has 0 unspecified atom stereocenters. The van der Waals surface area contributed by atoms with E-state index in [1.54, 1.807) is 6.08 Å². The zero-order valence-corrected chi connectivity index (χ0v) is 10.6. The Kier molecular flexibility index (Phi) is 4.16. The average molecular weight is 226 g/mol. The molecule has 0 aromatic carbocycles. The van der Waals surface area contributed by atoms with Crippen LogP contribution in [0.4, 0.5) is 0 Å². The van der Waals surface area contributed by atoms with Crippen LogP contribution in [-0.4, -0.2) is 34.9 Å². The molecule has 0 spiro atoms. The molecule has 0 saturated heterocycles. The maximum Gasteiger partial charge on any atom is 0.197 e. The van der Waals surface area contributed by atoms with Gasteiger partial charge in [-0.1, -0.05) is 26.2 Å². The van der Waals surface area contributed by atoms with Gasteiger partial charge in [-0.3, -0.25) is 0 Å². The number of ether oxygens (including phenoxy) is 1. The van der Waals surface area contributed by atoms with Crippen LogP contribution in [0, 0.1) is 0 Å². The molecule has 0 aliphatic rings. The first-order chi connectivity index (χ1) is 7.01. The van der Waals surface area contributed by atoms with Crippen molar-refractivity contribution in [3.05, 3.63) is 12.4 Å². The zero-order chi connectivity index (χ0) is 11.3. The Morgan fingerprint density at radius 3 is 2.73 bits per heavy atom. The molecule has 1 aromatic heterocycles. The van der Waals surface area contributed by atoms with Gasteiger partial charge in [0, 0.05) is 14.7 Å². The van der Waals surface area contributed by atoms with Gasteiger partial charge in [-0.15, -0.1) is 15.0 Å². The quantitative estimate of drug-likeness (QED) is 0.546. The van der Waals surface area contributed by atoms with Gasteiger partial charge in [0.25, 0.3) is 0 Å². The monoisotopic (exact) mass is 226 g/mol. The predicted octanol–water partition coefficient (Wildman–Crippen LogP) is 1.63. The van der Waals surface area contributed by atoms with Gasteiger partial charge in [0.2, 0.25) is 0 Å². The number of rotatable bonds is 6. The molecule has 0 aliphatic heterocycles. The van der Waals surface area contributed by atoms with Crippen LogP contribution in [0.3, 0.4) is 0 Å². The maximum absolute atomic E-state index is 5.45.